The average Bonchev–Trinajstić information content (AvgIpc) is 2.66. The van der Waals surface area contributed by atoms with E-state index in [2.05, 4.69) is 0 Å². The Kier molecular flexibility index (Phi) is 4.25. The van der Waals surface area contributed by atoms with Crippen molar-refractivity contribution >= 4 is 0 Å². The van der Waals surface area contributed by atoms with Crippen LogP contribution in [0.3, 0.4) is 0 Å². The van der Waals surface area contributed by atoms with Gasteiger partial charge in [-0.3, -0.25) is 0 Å². The lowest BCUT2D eigenvalue weighted by molar-refractivity contribution is -0.373. The molecule has 0 aromatic heterocycles. The highest BCUT2D eigenvalue weighted by Gasteiger charge is 2.70. The van der Waals surface area contributed by atoms with E-state index in [1.165, 1.54) is 6.92 Å². The lowest BCUT2D eigenvalue weighted by atomic mass is 9.82. The van der Waals surface area contributed by atoms with E-state index in [0.29, 0.717) is 12.8 Å². The third-order valence-electron chi connectivity index (χ3n) is 3.76. The molecule has 0 saturated heterocycles. The summed E-state index contributed by atoms with van der Waals surface area (Å²) in [5.41, 5.74) is -4.60. The Hall–Kier alpha value is -0.460. The lowest BCUT2D eigenvalue weighted by Crippen LogP contribution is -2.57. The van der Waals surface area contributed by atoms with Gasteiger partial charge >= 0.3 is 12.4 Å². The quantitative estimate of drug-likeness (QED) is 0.772. The Morgan fingerprint density at radius 2 is 1.39 bits per heavy atom. The molecular formula is C11H16F6O. The predicted molar refractivity (Wildman–Crippen MR) is 52.8 cm³/mol. The van der Waals surface area contributed by atoms with Crippen LogP contribution in [0.5, 0.6) is 0 Å². The molecule has 1 fully saturated rings. The maximum Gasteiger partial charge on any atom is 0.426 e. The Balaban J connectivity index is 2.86. The molecule has 0 amide bonds. The summed E-state index contributed by atoms with van der Waals surface area (Å²) >= 11 is 0. The highest BCUT2D eigenvalue weighted by Crippen LogP contribution is 2.48. The molecule has 7 heteroatoms. The van der Waals surface area contributed by atoms with Crippen molar-refractivity contribution in [3.8, 4) is 0 Å². The van der Waals surface area contributed by atoms with Crippen molar-refractivity contribution in [2.45, 2.75) is 57.0 Å². The molecule has 18 heavy (non-hydrogen) atoms. The molecule has 1 nitrogen and oxygen atoms in total. The van der Waals surface area contributed by atoms with Gasteiger partial charge in [0.25, 0.3) is 5.60 Å². The van der Waals surface area contributed by atoms with Gasteiger partial charge in [-0.1, -0.05) is 32.6 Å². The summed E-state index contributed by atoms with van der Waals surface area (Å²) < 4.78 is 74.9. The average molecular weight is 278 g/mol. The molecule has 0 aromatic rings. The fraction of sp³-hybridized carbons (Fsp3) is 1.00. The maximum atomic E-state index is 12.5. The molecule has 0 heterocycles. The van der Waals surface area contributed by atoms with Gasteiger partial charge in [-0.15, -0.1) is 0 Å². The van der Waals surface area contributed by atoms with E-state index in [9.17, 15) is 26.3 Å². The van der Waals surface area contributed by atoms with Crippen LogP contribution >= 0.6 is 0 Å². The van der Waals surface area contributed by atoms with Crippen molar-refractivity contribution < 1.29 is 31.4 Å². The molecule has 1 aliphatic rings. The van der Waals surface area contributed by atoms with Gasteiger partial charge in [0.2, 0.25) is 0 Å². The van der Waals surface area contributed by atoms with Gasteiger partial charge in [0, 0.05) is 0 Å². The third kappa shape index (κ3) is 2.92. The molecule has 1 saturated carbocycles. The number of halogens is 6. The molecule has 0 aliphatic heterocycles. The van der Waals surface area contributed by atoms with Crippen molar-refractivity contribution in [1.29, 1.82) is 0 Å². The van der Waals surface area contributed by atoms with E-state index in [1.54, 1.807) is 0 Å². The second-order valence-electron chi connectivity index (χ2n) is 5.08. The third-order valence-corrected chi connectivity index (χ3v) is 3.76. The van der Waals surface area contributed by atoms with Crippen molar-refractivity contribution in [3.63, 3.8) is 0 Å². The van der Waals surface area contributed by atoms with Gasteiger partial charge in [0.05, 0.1) is 0 Å². The SMILES string of the molecule is C[C@H](CC(O)(C(F)(F)F)C(F)(F)F)C1CCCC1. The molecule has 1 aliphatic carbocycles. The van der Waals surface area contributed by atoms with Gasteiger partial charge in [-0.25, -0.2) is 0 Å². The minimum absolute atomic E-state index is 0.166. The molecule has 0 bridgehead atoms. The van der Waals surface area contributed by atoms with Crippen LogP contribution in [-0.2, 0) is 0 Å². The second kappa shape index (κ2) is 4.90. The van der Waals surface area contributed by atoms with Gasteiger partial charge in [-0.2, -0.15) is 26.3 Å². The molecule has 1 N–H and O–H groups in total. The molecular weight excluding hydrogens is 262 g/mol. The topological polar surface area (TPSA) is 20.2 Å². The van der Waals surface area contributed by atoms with Crippen molar-refractivity contribution in [2.75, 3.05) is 0 Å². The van der Waals surface area contributed by atoms with E-state index < -0.39 is 30.3 Å². The summed E-state index contributed by atoms with van der Waals surface area (Å²) in [6, 6.07) is 0. The minimum atomic E-state index is -5.70. The lowest BCUT2D eigenvalue weighted by Gasteiger charge is -2.35. The van der Waals surface area contributed by atoms with Crippen LogP contribution in [0.2, 0.25) is 0 Å². The molecule has 108 valence electrons. The number of hydrogen-bond acceptors (Lipinski definition) is 1. The summed E-state index contributed by atoms with van der Waals surface area (Å²) in [5, 5.41) is 9.07. The summed E-state index contributed by atoms with van der Waals surface area (Å²) in [5.74, 6) is -0.970. The van der Waals surface area contributed by atoms with Crippen LogP contribution in [0.15, 0.2) is 0 Å². The summed E-state index contributed by atoms with van der Waals surface area (Å²) in [6.07, 6.45) is -9.79. The van der Waals surface area contributed by atoms with Crippen LogP contribution in [-0.4, -0.2) is 23.1 Å². The smallest absolute Gasteiger partial charge is 0.374 e. The molecule has 0 spiro atoms. The molecule has 0 radical (unpaired) electrons. The van der Waals surface area contributed by atoms with Crippen molar-refractivity contribution in [3.05, 3.63) is 0 Å². The molecule has 0 unspecified atom stereocenters. The minimum Gasteiger partial charge on any atom is -0.374 e. The number of aliphatic hydroxyl groups is 1. The van der Waals surface area contributed by atoms with E-state index >= 15 is 0 Å². The maximum absolute atomic E-state index is 12.5. The van der Waals surface area contributed by atoms with E-state index in [-0.39, 0.29) is 5.92 Å². The normalized spacial score (nSPS) is 21.3. The van der Waals surface area contributed by atoms with Crippen LogP contribution in [0.1, 0.15) is 39.0 Å². The van der Waals surface area contributed by atoms with Crippen LogP contribution < -0.4 is 0 Å². The van der Waals surface area contributed by atoms with Crippen LogP contribution in [0.4, 0.5) is 26.3 Å². The standard InChI is InChI=1S/C11H16F6O/c1-7(8-4-2-3-5-8)6-9(18,10(12,13)14)11(15,16)17/h7-8,18H,2-6H2,1H3/t7-/m1/s1. The monoisotopic (exact) mass is 278 g/mol. The summed E-state index contributed by atoms with van der Waals surface area (Å²) in [6.45, 7) is 1.35. The van der Waals surface area contributed by atoms with Crippen LogP contribution in [0.25, 0.3) is 0 Å². The highest BCUT2D eigenvalue weighted by atomic mass is 19.4. The zero-order valence-corrected chi connectivity index (χ0v) is 9.91. The first-order chi connectivity index (χ1) is 7.99. The van der Waals surface area contributed by atoms with Crippen LogP contribution in [0, 0.1) is 11.8 Å². The second-order valence-corrected chi connectivity index (χ2v) is 5.08. The predicted octanol–water partition coefficient (Wildman–Crippen LogP) is 4.06. The Bertz CT molecular complexity index is 262. The van der Waals surface area contributed by atoms with Gasteiger partial charge in [-0.05, 0) is 18.3 Å². The highest BCUT2D eigenvalue weighted by molar-refractivity contribution is 4.96. The Morgan fingerprint density at radius 1 is 1.00 bits per heavy atom. The number of rotatable bonds is 3. The zero-order valence-electron chi connectivity index (χ0n) is 9.91. The molecule has 0 aromatic carbocycles. The van der Waals surface area contributed by atoms with E-state index in [4.69, 9.17) is 5.11 Å². The summed E-state index contributed by atoms with van der Waals surface area (Å²) in [4.78, 5) is 0. The molecule has 1 rings (SSSR count). The Labute approximate surface area is 101 Å². The fourth-order valence-corrected chi connectivity index (χ4v) is 2.55. The molecule has 1 atom stereocenters. The van der Waals surface area contributed by atoms with E-state index in [0.717, 1.165) is 12.8 Å². The number of hydrogen-bond donors (Lipinski definition) is 1. The van der Waals surface area contributed by atoms with Gasteiger partial charge in [0.15, 0.2) is 0 Å². The largest absolute Gasteiger partial charge is 0.426 e. The van der Waals surface area contributed by atoms with Crippen molar-refractivity contribution in [1.82, 2.24) is 0 Å². The number of alkyl halides is 6. The van der Waals surface area contributed by atoms with Crippen molar-refractivity contribution in [2.24, 2.45) is 11.8 Å². The first-order valence-electron chi connectivity index (χ1n) is 5.85. The van der Waals surface area contributed by atoms with Gasteiger partial charge in [0.1, 0.15) is 0 Å². The van der Waals surface area contributed by atoms with Gasteiger partial charge < -0.3 is 5.11 Å². The zero-order chi connectivity index (χ0) is 14.2. The first kappa shape index (κ1) is 15.6. The first-order valence-corrected chi connectivity index (χ1v) is 5.85. The fourth-order valence-electron chi connectivity index (χ4n) is 2.55. The Morgan fingerprint density at radius 3 is 1.72 bits per heavy atom. The summed E-state index contributed by atoms with van der Waals surface area (Å²) in [7, 11) is 0. The van der Waals surface area contributed by atoms with E-state index in [1.807, 2.05) is 0 Å².